The first-order chi connectivity index (χ1) is 12.8. The second-order valence-corrected chi connectivity index (χ2v) is 6.20. The van der Waals surface area contributed by atoms with Crippen LogP contribution in [-0.2, 0) is 20.7 Å². The molecule has 3 rings (SSSR count). The van der Waals surface area contributed by atoms with Gasteiger partial charge in [0.05, 0.1) is 18.4 Å². The molecular formula is C20H17F2NO4. The van der Waals surface area contributed by atoms with Crippen molar-refractivity contribution in [1.82, 2.24) is 0 Å². The zero-order valence-corrected chi connectivity index (χ0v) is 14.8. The smallest absolute Gasteiger partial charge is 0.310 e. The van der Waals surface area contributed by atoms with Gasteiger partial charge in [0, 0.05) is 17.0 Å². The summed E-state index contributed by atoms with van der Waals surface area (Å²) in [7, 11) is 0. The number of rotatable bonds is 5. The summed E-state index contributed by atoms with van der Waals surface area (Å²) in [5.41, 5.74) is 3.14. The lowest BCUT2D eigenvalue weighted by Crippen LogP contribution is -2.22. The predicted octanol–water partition coefficient (Wildman–Crippen LogP) is 4.05. The van der Waals surface area contributed by atoms with E-state index in [4.69, 9.17) is 9.15 Å². The molecule has 0 atom stereocenters. The van der Waals surface area contributed by atoms with E-state index < -0.39 is 30.1 Å². The summed E-state index contributed by atoms with van der Waals surface area (Å²) >= 11 is 0. The fraction of sp³-hybridized carbons (Fsp3) is 0.200. The zero-order valence-electron chi connectivity index (χ0n) is 14.8. The first-order valence-corrected chi connectivity index (χ1v) is 8.21. The van der Waals surface area contributed by atoms with Gasteiger partial charge in [-0.05, 0) is 49.2 Å². The van der Waals surface area contributed by atoms with Crippen LogP contribution in [0.4, 0.5) is 14.5 Å². The Labute approximate surface area is 153 Å². The Kier molecular flexibility index (Phi) is 5.21. The Balaban J connectivity index is 1.59. The minimum absolute atomic E-state index is 0.0723. The first-order valence-electron chi connectivity index (χ1n) is 8.21. The van der Waals surface area contributed by atoms with Gasteiger partial charge in [0.25, 0.3) is 5.91 Å². The average molecular weight is 373 g/mol. The van der Waals surface area contributed by atoms with Crippen molar-refractivity contribution in [2.75, 3.05) is 11.9 Å². The molecule has 7 heteroatoms. The Morgan fingerprint density at radius 1 is 1.11 bits per heavy atom. The van der Waals surface area contributed by atoms with Crippen molar-refractivity contribution in [3.63, 3.8) is 0 Å². The third kappa shape index (κ3) is 4.31. The topological polar surface area (TPSA) is 68.5 Å². The summed E-state index contributed by atoms with van der Waals surface area (Å²) in [5.74, 6) is -2.88. The van der Waals surface area contributed by atoms with Crippen molar-refractivity contribution in [1.29, 1.82) is 0 Å². The highest BCUT2D eigenvalue weighted by Gasteiger charge is 2.15. The van der Waals surface area contributed by atoms with Crippen LogP contribution in [0.2, 0.25) is 0 Å². The number of halogens is 2. The second kappa shape index (κ2) is 7.57. The minimum Gasteiger partial charge on any atom is -0.464 e. The molecule has 3 aromatic rings. The molecule has 0 aliphatic carbocycles. The number of aryl methyl sites for hydroxylation is 2. The molecule has 0 aliphatic heterocycles. The molecule has 1 heterocycles. The van der Waals surface area contributed by atoms with Gasteiger partial charge in [0.2, 0.25) is 0 Å². The van der Waals surface area contributed by atoms with E-state index in [0.29, 0.717) is 11.1 Å². The van der Waals surface area contributed by atoms with Crippen molar-refractivity contribution in [2.45, 2.75) is 20.3 Å². The average Bonchev–Trinajstić information content (AvgIpc) is 2.98. The summed E-state index contributed by atoms with van der Waals surface area (Å²) in [6.45, 7) is 3.31. The monoisotopic (exact) mass is 373 g/mol. The fourth-order valence-electron chi connectivity index (χ4n) is 2.61. The largest absolute Gasteiger partial charge is 0.464 e. The number of hydrogen-bond donors (Lipinski definition) is 1. The molecule has 0 unspecified atom stereocenters. The highest BCUT2D eigenvalue weighted by atomic mass is 19.1. The molecule has 1 N–H and O–H groups in total. The number of fused-ring (bicyclic) bond motifs is 1. The Morgan fingerprint density at radius 2 is 1.85 bits per heavy atom. The SMILES string of the molecule is Cc1cc2occ(CC(=O)OCC(=O)Nc3cc(F)ccc3F)c2cc1C. The number of hydrogen-bond acceptors (Lipinski definition) is 4. The predicted molar refractivity (Wildman–Crippen MR) is 95.3 cm³/mol. The highest BCUT2D eigenvalue weighted by molar-refractivity contribution is 5.93. The van der Waals surface area contributed by atoms with Crippen LogP contribution in [0.1, 0.15) is 16.7 Å². The lowest BCUT2D eigenvalue weighted by atomic mass is 10.0. The first kappa shape index (κ1) is 18.6. The summed E-state index contributed by atoms with van der Waals surface area (Å²) in [4.78, 5) is 23.8. The van der Waals surface area contributed by atoms with Crippen molar-refractivity contribution < 1.29 is 27.5 Å². The number of amides is 1. The second-order valence-electron chi connectivity index (χ2n) is 6.20. The third-order valence-electron chi connectivity index (χ3n) is 4.17. The van der Waals surface area contributed by atoms with E-state index in [1.165, 1.54) is 6.26 Å². The molecule has 0 saturated carbocycles. The Hall–Kier alpha value is -3.22. The molecule has 0 fully saturated rings. The Bertz CT molecular complexity index is 1030. The van der Waals surface area contributed by atoms with Crippen LogP contribution in [0.3, 0.4) is 0 Å². The molecule has 1 aromatic heterocycles. The summed E-state index contributed by atoms with van der Waals surface area (Å²) in [6, 6.07) is 6.49. The maximum absolute atomic E-state index is 13.5. The van der Waals surface area contributed by atoms with Crippen LogP contribution in [-0.4, -0.2) is 18.5 Å². The summed E-state index contributed by atoms with van der Waals surface area (Å²) < 4.78 is 36.9. The van der Waals surface area contributed by atoms with Gasteiger partial charge < -0.3 is 14.5 Å². The number of carbonyl (C=O) groups is 2. The Morgan fingerprint density at radius 3 is 2.63 bits per heavy atom. The summed E-state index contributed by atoms with van der Waals surface area (Å²) in [6.07, 6.45) is 1.41. The molecular weight excluding hydrogens is 356 g/mol. The number of ether oxygens (including phenoxy) is 1. The van der Waals surface area contributed by atoms with Gasteiger partial charge in [-0.2, -0.15) is 0 Å². The van der Waals surface area contributed by atoms with Gasteiger partial charge in [0.1, 0.15) is 17.2 Å². The molecule has 5 nitrogen and oxygen atoms in total. The molecule has 0 aliphatic rings. The van der Waals surface area contributed by atoms with Crippen LogP contribution < -0.4 is 5.32 Å². The van der Waals surface area contributed by atoms with Crippen LogP contribution in [0.15, 0.2) is 41.0 Å². The van der Waals surface area contributed by atoms with Crippen LogP contribution >= 0.6 is 0 Å². The van der Waals surface area contributed by atoms with Gasteiger partial charge in [-0.3, -0.25) is 9.59 Å². The molecule has 0 saturated heterocycles. The van der Waals surface area contributed by atoms with Gasteiger partial charge in [0.15, 0.2) is 6.61 Å². The molecule has 0 bridgehead atoms. The maximum Gasteiger partial charge on any atom is 0.310 e. The van der Waals surface area contributed by atoms with E-state index in [9.17, 15) is 18.4 Å². The number of anilines is 1. The van der Waals surface area contributed by atoms with E-state index in [0.717, 1.165) is 34.7 Å². The number of nitrogens with one attached hydrogen (secondary N) is 1. The van der Waals surface area contributed by atoms with Crippen LogP contribution in [0.5, 0.6) is 0 Å². The van der Waals surface area contributed by atoms with Crippen molar-refractivity contribution >= 4 is 28.5 Å². The van der Waals surface area contributed by atoms with E-state index >= 15 is 0 Å². The third-order valence-corrected chi connectivity index (χ3v) is 4.17. The summed E-state index contributed by atoms with van der Waals surface area (Å²) in [5, 5.41) is 2.97. The van der Waals surface area contributed by atoms with E-state index in [-0.39, 0.29) is 12.1 Å². The van der Waals surface area contributed by atoms with Crippen molar-refractivity contribution in [3.05, 3.63) is 64.9 Å². The number of esters is 1. The van der Waals surface area contributed by atoms with Crippen molar-refractivity contribution in [2.24, 2.45) is 0 Å². The maximum atomic E-state index is 13.5. The lowest BCUT2D eigenvalue weighted by Gasteiger charge is -2.07. The molecule has 0 spiro atoms. The van der Waals surface area contributed by atoms with Crippen LogP contribution in [0.25, 0.3) is 11.0 Å². The molecule has 2 aromatic carbocycles. The normalized spacial score (nSPS) is 10.8. The molecule has 27 heavy (non-hydrogen) atoms. The van der Waals surface area contributed by atoms with Gasteiger partial charge >= 0.3 is 5.97 Å². The number of benzene rings is 2. The van der Waals surface area contributed by atoms with E-state index in [1.807, 2.05) is 26.0 Å². The number of carbonyl (C=O) groups excluding carboxylic acids is 2. The molecule has 1 amide bonds. The quantitative estimate of drug-likeness (QED) is 0.685. The number of furan rings is 1. The van der Waals surface area contributed by atoms with Gasteiger partial charge in [-0.25, -0.2) is 8.78 Å². The van der Waals surface area contributed by atoms with Crippen LogP contribution in [0, 0.1) is 25.5 Å². The fourth-order valence-corrected chi connectivity index (χ4v) is 2.61. The van der Waals surface area contributed by atoms with E-state index in [1.54, 1.807) is 0 Å². The van der Waals surface area contributed by atoms with E-state index in [2.05, 4.69) is 5.32 Å². The highest BCUT2D eigenvalue weighted by Crippen LogP contribution is 2.25. The zero-order chi connectivity index (χ0) is 19.6. The van der Waals surface area contributed by atoms with Gasteiger partial charge in [-0.15, -0.1) is 0 Å². The van der Waals surface area contributed by atoms with Gasteiger partial charge in [-0.1, -0.05) is 0 Å². The molecule has 0 radical (unpaired) electrons. The standard InChI is InChI=1S/C20H17F2NO4/c1-11-5-15-13(9-26-18(15)6-12(11)2)7-20(25)27-10-19(24)23-17-8-14(21)3-4-16(17)22/h3-6,8-9H,7,10H2,1-2H3,(H,23,24). The minimum atomic E-state index is -0.786. The molecule has 140 valence electrons. The lowest BCUT2D eigenvalue weighted by molar-refractivity contribution is -0.146. The van der Waals surface area contributed by atoms with Crippen molar-refractivity contribution in [3.8, 4) is 0 Å².